The largest absolute Gasteiger partial charge is 0.142 e. The smallest absolute Gasteiger partial charge is 0.0739 e. The third kappa shape index (κ3) is 2.04. The van der Waals surface area contributed by atoms with E-state index in [2.05, 4.69) is 13.8 Å². The summed E-state index contributed by atoms with van der Waals surface area (Å²) in [6.07, 6.45) is 7.46. The molecule has 52 valence electrons. The maximum Gasteiger partial charge on any atom is 0.142 e. The lowest BCUT2D eigenvalue weighted by atomic mass is 9.35. The summed E-state index contributed by atoms with van der Waals surface area (Å²) in [5.74, 6) is 0.935. The molecule has 0 nitrogen and oxygen atoms in total. The Morgan fingerprint density at radius 2 is 1.56 bits per heavy atom. The minimum absolute atomic E-state index is 0.935. The molecule has 0 bridgehead atoms. The van der Waals surface area contributed by atoms with E-state index in [0.29, 0.717) is 0 Å². The highest BCUT2D eigenvalue weighted by molar-refractivity contribution is 6.60. The fourth-order valence-electron chi connectivity index (χ4n) is 1.80. The van der Waals surface area contributed by atoms with Crippen LogP contribution in [0.2, 0.25) is 18.5 Å². The summed E-state index contributed by atoms with van der Waals surface area (Å²) in [5, 5.41) is 0. The average Bonchev–Trinajstić information content (AvgIpc) is 1.90. The predicted octanol–water partition coefficient (Wildman–Crippen LogP) is 3.08. The Morgan fingerprint density at radius 1 is 1.00 bits per heavy atom. The Kier molecular flexibility index (Phi) is 2.62. The van der Waals surface area contributed by atoms with Crippen LogP contribution in [0.4, 0.5) is 0 Å². The van der Waals surface area contributed by atoms with Gasteiger partial charge in [0.15, 0.2) is 0 Å². The van der Waals surface area contributed by atoms with Gasteiger partial charge >= 0.3 is 0 Å². The van der Waals surface area contributed by atoms with Gasteiger partial charge in [-0.3, -0.25) is 0 Å². The van der Waals surface area contributed by atoms with Crippen molar-refractivity contribution < 1.29 is 0 Å². The SMILES string of the molecule is CC(C)B1CCCCC1. The number of rotatable bonds is 1. The van der Waals surface area contributed by atoms with E-state index in [1.54, 1.807) is 0 Å². The van der Waals surface area contributed by atoms with Gasteiger partial charge in [0, 0.05) is 0 Å². The van der Waals surface area contributed by atoms with Crippen LogP contribution in [-0.2, 0) is 0 Å². The van der Waals surface area contributed by atoms with Gasteiger partial charge in [0.1, 0.15) is 6.71 Å². The number of hydrogen-bond donors (Lipinski definition) is 0. The maximum absolute atomic E-state index is 2.36. The predicted molar refractivity (Wildman–Crippen MR) is 44.3 cm³/mol. The molecule has 1 heterocycles. The minimum Gasteiger partial charge on any atom is -0.0739 e. The van der Waals surface area contributed by atoms with Crippen molar-refractivity contribution in [3.05, 3.63) is 0 Å². The zero-order valence-electron chi connectivity index (χ0n) is 6.69. The molecule has 1 fully saturated rings. The van der Waals surface area contributed by atoms with Gasteiger partial charge in [0.2, 0.25) is 0 Å². The van der Waals surface area contributed by atoms with Gasteiger partial charge < -0.3 is 0 Å². The van der Waals surface area contributed by atoms with Gasteiger partial charge in [0.25, 0.3) is 0 Å². The van der Waals surface area contributed by atoms with Gasteiger partial charge in [-0.05, 0) is 0 Å². The molecule has 0 aliphatic carbocycles. The van der Waals surface area contributed by atoms with E-state index >= 15 is 0 Å². The standard InChI is InChI=1S/C8H17B/c1-8(2)9-6-4-3-5-7-9/h8H,3-7H2,1-2H3. The van der Waals surface area contributed by atoms with E-state index in [1.165, 1.54) is 31.9 Å². The first-order chi connectivity index (χ1) is 4.30. The van der Waals surface area contributed by atoms with Gasteiger partial charge in [-0.1, -0.05) is 51.6 Å². The highest BCUT2D eigenvalue weighted by Gasteiger charge is 2.19. The zero-order chi connectivity index (χ0) is 6.69. The highest BCUT2D eigenvalue weighted by atomic mass is 14.0. The van der Waals surface area contributed by atoms with Crippen molar-refractivity contribution in [3.8, 4) is 0 Å². The van der Waals surface area contributed by atoms with Crippen LogP contribution in [0.3, 0.4) is 0 Å². The molecule has 0 aromatic carbocycles. The van der Waals surface area contributed by atoms with Crippen molar-refractivity contribution in [3.63, 3.8) is 0 Å². The lowest BCUT2D eigenvalue weighted by molar-refractivity contribution is 0.710. The van der Waals surface area contributed by atoms with Crippen molar-refractivity contribution in [2.75, 3.05) is 0 Å². The molecule has 0 radical (unpaired) electrons. The second kappa shape index (κ2) is 3.29. The first-order valence-corrected chi connectivity index (χ1v) is 4.30. The molecule has 1 saturated heterocycles. The molecule has 0 atom stereocenters. The molecular formula is C8H17B. The first-order valence-electron chi connectivity index (χ1n) is 4.30. The maximum atomic E-state index is 2.36. The van der Waals surface area contributed by atoms with E-state index in [1.807, 2.05) is 0 Å². The second-order valence-corrected chi connectivity index (χ2v) is 3.64. The molecule has 0 unspecified atom stereocenters. The molecule has 1 rings (SSSR count). The monoisotopic (exact) mass is 124 g/mol. The van der Waals surface area contributed by atoms with Gasteiger partial charge in [-0.25, -0.2) is 0 Å². The normalized spacial score (nSPS) is 21.0. The molecule has 1 aliphatic heterocycles. The zero-order valence-corrected chi connectivity index (χ0v) is 6.69. The lowest BCUT2D eigenvalue weighted by Crippen LogP contribution is -2.19. The lowest BCUT2D eigenvalue weighted by Gasteiger charge is -2.21. The van der Waals surface area contributed by atoms with E-state index in [4.69, 9.17) is 0 Å². The van der Waals surface area contributed by atoms with Crippen LogP contribution in [-0.4, -0.2) is 6.71 Å². The van der Waals surface area contributed by atoms with Gasteiger partial charge in [-0.2, -0.15) is 0 Å². The van der Waals surface area contributed by atoms with Crippen molar-refractivity contribution in [1.82, 2.24) is 0 Å². The summed E-state index contributed by atoms with van der Waals surface area (Å²) in [6.45, 7) is 5.77. The Bertz CT molecular complexity index is 72.6. The van der Waals surface area contributed by atoms with E-state index < -0.39 is 0 Å². The highest BCUT2D eigenvalue weighted by Crippen LogP contribution is 2.26. The molecule has 0 spiro atoms. The molecule has 0 N–H and O–H groups in total. The third-order valence-corrected chi connectivity index (χ3v) is 2.59. The molecule has 1 heteroatoms. The van der Waals surface area contributed by atoms with Crippen LogP contribution >= 0.6 is 0 Å². The van der Waals surface area contributed by atoms with Crippen molar-refractivity contribution in [2.45, 2.75) is 51.6 Å². The fourth-order valence-corrected chi connectivity index (χ4v) is 1.80. The first kappa shape index (κ1) is 7.18. The summed E-state index contributed by atoms with van der Waals surface area (Å²) in [4.78, 5) is 0. The summed E-state index contributed by atoms with van der Waals surface area (Å²) in [5.41, 5.74) is 0. The number of hydrogen-bond acceptors (Lipinski definition) is 0. The minimum atomic E-state index is 0.935. The van der Waals surface area contributed by atoms with E-state index in [0.717, 1.165) is 12.5 Å². The summed E-state index contributed by atoms with van der Waals surface area (Å²) in [7, 11) is 0. The second-order valence-electron chi connectivity index (χ2n) is 3.64. The molecule has 0 aromatic heterocycles. The van der Waals surface area contributed by atoms with E-state index in [-0.39, 0.29) is 0 Å². The Labute approximate surface area is 59.1 Å². The van der Waals surface area contributed by atoms with Crippen molar-refractivity contribution in [1.29, 1.82) is 0 Å². The fraction of sp³-hybridized carbons (Fsp3) is 1.00. The molecule has 0 amide bonds. The summed E-state index contributed by atoms with van der Waals surface area (Å²) >= 11 is 0. The van der Waals surface area contributed by atoms with Crippen LogP contribution in [0, 0.1) is 0 Å². The quantitative estimate of drug-likeness (QED) is 0.471. The molecule has 9 heavy (non-hydrogen) atoms. The average molecular weight is 124 g/mol. The van der Waals surface area contributed by atoms with Crippen molar-refractivity contribution >= 4 is 6.71 Å². The van der Waals surface area contributed by atoms with E-state index in [9.17, 15) is 0 Å². The Hall–Kier alpha value is 0.0649. The van der Waals surface area contributed by atoms with Crippen LogP contribution in [0.5, 0.6) is 0 Å². The third-order valence-electron chi connectivity index (χ3n) is 2.59. The molecule has 0 saturated carbocycles. The Morgan fingerprint density at radius 3 is 1.89 bits per heavy atom. The Balaban J connectivity index is 2.23. The van der Waals surface area contributed by atoms with Crippen molar-refractivity contribution in [2.24, 2.45) is 0 Å². The van der Waals surface area contributed by atoms with Gasteiger partial charge in [-0.15, -0.1) is 0 Å². The van der Waals surface area contributed by atoms with Crippen LogP contribution < -0.4 is 0 Å². The van der Waals surface area contributed by atoms with Crippen LogP contribution in [0.25, 0.3) is 0 Å². The van der Waals surface area contributed by atoms with Crippen LogP contribution in [0.1, 0.15) is 33.1 Å². The molecular weight excluding hydrogens is 107 g/mol. The summed E-state index contributed by atoms with van der Waals surface area (Å²) < 4.78 is 0. The topological polar surface area (TPSA) is 0 Å². The molecule has 1 aliphatic rings. The summed E-state index contributed by atoms with van der Waals surface area (Å²) in [6, 6.07) is 0. The van der Waals surface area contributed by atoms with Gasteiger partial charge in [0.05, 0.1) is 0 Å². The molecule has 0 aromatic rings. The van der Waals surface area contributed by atoms with Crippen LogP contribution in [0.15, 0.2) is 0 Å².